The van der Waals surface area contributed by atoms with Crippen molar-refractivity contribution < 1.29 is 42.1 Å². The highest BCUT2D eigenvalue weighted by molar-refractivity contribution is 7.47. The van der Waals surface area contributed by atoms with Crippen molar-refractivity contribution >= 4 is 19.8 Å². The van der Waals surface area contributed by atoms with Crippen LogP contribution in [0.3, 0.4) is 0 Å². The fourth-order valence-corrected chi connectivity index (χ4v) is 7.98. The van der Waals surface area contributed by atoms with E-state index in [4.69, 9.17) is 18.5 Å². The molecule has 0 radical (unpaired) electrons. The number of nitrogens with zero attached hydrogens (tertiary/aromatic N) is 1. The molecule has 0 saturated heterocycles. The number of carbonyl (C=O) groups excluding carboxylic acids is 2. The van der Waals surface area contributed by atoms with Crippen LogP contribution in [0.25, 0.3) is 0 Å². The number of carbonyl (C=O) groups is 2. The molecule has 0 aromatic rings. The van der Waals surface area contributed by atoms with Gasteiger partial charge in [0.25, 0.3) is 0 Å². The second-order valence-electron chi connectivity index (χ2n) is 18.9. The minimum atomic E-state index is -4.39. The maximum atomic E-state index is 12.7. The fourth-order valence-electron chi connectivity index (χ4n) is 7.23. The Bertz CT molecular complexity index is 1230. The van der Waals surface area contributed by atoms with E-state index in [1.165, 1.54) is 141 Å². The van der Waals surface area contributed by atoms with Crippen molar-refractivity contribution in [2.24, 2.45) is 0 Å². The first kappa shape index (κ1) is 62.0. The molecule has 9 nitrogen and oxygen atoms in total. The lowest BCUT2D eigenvalue weighted by Crippen LogP contribution is -2.37. The van der Waals surface area contributed by atoms with Gasteiger partial charge < -0.3 is 18.9 Å². The molecular weight excluding hydrogens is 822 g/mol. The number of quaternary nitrogens is 1. The van der Waals surface area contributed by atoms with Gasteiger partial charge in [0, 0.05) is 12.8 Å². The molecule has 0 aliphatic heterocycles. The predicted molar refractivity (Wildman–Crippen MR) is 270 cm³/mol. The van der Waals surface area contributed by atoms with Crippen LogP contribution >= 0.6 is 7.82 Å². The van der Waals surface area contributed by atoms with E-state index in [2.05, 4.69) is 62.5 Å². The van der Waals surface area contributed by atoms with E-state index >= 15 is 0 Å². The zero-order chi connectivity index (χ0) is 47.1. The van der Waals surface area contributed by atoms with Gasteiger partial charge in [-0.15, -0.1) is 0 Å². The Kier molecular flexibility index (Phi) is 44.6. The Morgan fingerprint density at radius 3 is 1.28 bits per heavy atom. The second-order valence-corrected chi connectivity index (χ2v) is 20.4. The van der Waals surface area contributed by atoms with Gasteiger partial charge in [-0.1, -0.05) is 210 Å². The minimum absolute atomic E-state index is 0.0251. The zero-order valence-corrected chi connectivity index (χ0v) is 43.2. The summed E-state index contributed by atoms with van der Waals surface area (Å²) in [4.78, 5) is 35.6. The van der Waals surface area contributed by atoms with E-state index in [0.717, 1.165) is 57.8 Å². The molecule has 0 fully saturated rings. The number of ether oxygens (including phenoxy) is 2. The molecule has 0 aliphatic carbocycles. The summed E-state index contributed by atoms with van der Waals surface area (Å²) in [6.45, 7) is 4.39. The van der Waals surface area contributed by atoms with Gasteiger partial charge in [0.15, 0.2) is 6.10 Å². The number of esters is 2. The predicted octanol–water partition coefficient (Wildman–Crippen LogP) is 15.8. The Morgan fingerprint density at radius 1 is 0.484 bits per heavy atom. The summed E-state index contributed by atoms with van der Waals surface area (Å²) in [6, 6.07) is 0. The van der Waals surface area contributed by atoms with Crippen LogP contribution < -0.4 is 0 Å². The minimum Gasteiger partial charge on any atom is -0.462 e. The van der Waals surface area contributed by atoms with Crippen LogP contribution in [0.4, 0.5) is 0 Å². The third-order valence-corrected chi connectivity index (χ3v) is 12.3. The summed E-state index contributed by atoms with van der Waals surface area (Å²) in [5, 5.41) is 0. The molecule has 0 saturated carbocycles. The van der Waals surface area contributed by atoms with Crippen LogP contribution in [-0.2, 0) is 32.7 Å². The van der Waals surface area contributed by atoms with Gasteiger partial charge in [-0.05, 0) is 57.8 Å². The molecular formula is C54H101NO8P+. The van der Waals surface area contributed by atoms with Crippen LogP contribution in [0.1, 0.15) is 232 Å². The van der Waals surface area contributed by atoms with E-state index in [1.54, 1.807) is 0 Å². The maximum absolute atomic E-state index is 12.7. The quantitative estimate of drug-likeness (QED) is 0.0211. The smallest absolute Gasteiger partial charge is 0.462 e. The Labute approximate surface area is 394 Å². The van der Waals surface area contributed by atoms with Crippen LogP contribution in [0.2, 0.25) is 0 Å². The van der Waals surface area contributed by atoms with Crippen molar-refractivity contribution in [3.05, 3.63) is 48.6 Å². The molecule has 374 valence electrons. The number of hydrogen-bond donors (Lipinski definition) is 1. The van der Waals surface area contributed by atoms with E-state index in [1.807, 2.05) is 21.1 Å². The molecule has 0 heterocycles. The lowest BCUT2D eigenvalue weighted by Gasteiger charge is -2.24. The fraction of sp³-hybridized carbons (Fsp3) is 0.815. The molecule has 0 amide bonds. The normalized spacial score (nSPS) is 13.8. The lowest BCUT2D eigenvalue weighted by atomic mass is 10.0. The van der Waals surface area contributed by atoms with Gasteiger partial charge in [-0.3, -0.25) is 18.6 Å². The average molecular weight is 923 g/mol. The van der Waals surface area contributed by atoms with Crippen LogP contribution in [0.15, 0.2) is 48.6 Å². The van der Waals surface area contributed by atoms with Crippen LogP contribution in [-0.4, -0.2) is 74.9 Å². The summed E-state index contributed by atoms with van der Waals surface area (Å²) in [6.07, 6.45) is 56.0. The van der Waals surface area contributed by atoms with Gasteiger partial charge >= 0.3 is 19.8 Å². The van der Waals surface area contributed by atoms with Crippen molar-refractivity contribution in [1.29, 1.82) is 0 Å². The third-order valence-electron chi connectivity index (χ3n) is 11.4. The summed E-state index contributed by atoms with van der Waals surface area (Å²) in [5.41, 5.74) is 0. The Morgan fingerprint density at radius 2 is 0.844 bits per heavy atom. The highest BCUT2D eigenvalue weighted by Gasteiger charge is 2.27. The van der Waals surface area contributed by atoms with E-state index in [-0.39, 0.29) is 32.0 Å². The SMILES string of the molecule is CCCCC/C=C/C/C=C/C/C=C/C/C=C/CCCCCC(=O)O[C@H](COC(=O)CCCCCCCCCCCCCCCCCCCCCCC)COP(=O)(O)OCC[N+](C)(C)C. The van der Waals surface area contributed by atoms with Gasteiger partial charge in [-0.25, -0.2) is 4.57 Å². The van der Waals surface area contributed by atoms with E-state index in [9.17, 15) is 19.0 Å². The number of rotatable bonds is 48. The summed E-state index contributed by atoms with van der Waals surface area (Å²) >= 11 is 0. The van der Waals surface area contributed by atoms with Crippen molar-refractivity contribution in [3.8, 4) is 0 Å². The van der Waals surface area contributed by atoms with Crippen LogP contribution in [0, 0.1) is 0 Å². The van der Waals surface area contributed by atoms with E-state index < -0.39 is 26.5 Å². The number of hydrogen-bond acceptors (Lipinski definition) is 7. The number of unbranched alkanes of at least 4 members (excludes halogenated alkanes) is 26. The first-order valence-corrected chi connectivity index (χ1v) is 27.9. The molecule has 64 heavy (non-hydrogen) atoms. The topological polar surface area (TPSA) is 108 Å². The standard InChI is InChI=1S/C54H100NO8P/c1-6-8-10-12-14-16-18-20-22-24-26-27-29-30-32-34-36-38-40-42-44-46-53(56)60-50-52(51-62-64(58,59)61-49-48-55(3,4)5)63-54(57)47-45-43-41-39-37-35-33-31-28-25-23-21-19-17-15-13-11-9-7-2/h15,17,21,23,28,31,35,37,52H,6-14,16,18-20,22,24-27,29-30,32-34,36,38-51H2,1-5H3/p+1/b17-15+,23-21+,31-28+,37-35+/t52-/m1/s1. The largest absolute Gasteiger partial charge is 0.472 e. The monoisotopic (exact) mass is 923 g/mol. The van der Waals surface area contributed by atoms with Gasteiger partial charge in [-0.2, -0.15) is 0 Å². The third kappa shape index (κ3) is 49.4. The van der Waals surface area contributed by atoms with Crippen molar-refractivity contribution in [3.63, 3.8) is 0 Å². The first-order valence-electron chi connectivity index (χ1n) is 26.4. The number of phosphoric ester groups is 1. The van der Waals surface area contributed by atoms with Crippen LogP contribution in [0.5, 0.6) is 0 Å². The van der Waals surface area contributed by atoms with Crippen molar-refractivity contribution in [1.82, 2.24) is 0 Å². The molecule has 0 aromatic heterocycles. The number of allylic oxidation sites excluding steroid dienone is 8. The summed E-state index contributed by atoms with van der Waals surface area (Å²) < 4.78 is 34.4. The Balaban J connectivity index is 4.27. The highest BCUT2D eigenvalue weighted by Crippen LogP contribution is 2.43. The average Bonchev–Trinajstić information content (AvgIpc) is 3.25. The first-order chi connectivity index (χ1) is 31.0. The summed E-state index contributed by atoms with van der Waals surface area (Å²) in [7, 11) is 1.46. The molecule has 0 spiro atoms. The molecule has 2 atom stereocenters. The molecule has 1 unspecified atom stereocenters. The second kappa shape index (κ2) is 46.1. The molecule has 1 N–H and O–H groups in total. The van der Waals surface area contributed by atoms with Crippen molar-refractivity contribution in [2.45, 2.75) is 238 Å². The molecule has 0 aliphatic rings. The van der Waals surface area contributed by atoms with Gasteiger partial charge in [0.2, 0.25) is 0 Å². The van der Waals surface area contributed by atoms with Gasteiger partial charge in [0.05, 0.1) is 27.7 Å². The number of likely N-dealkylation sites (N-methyl/N-ethyl adjacent to an activating group) is 1. The number of phosphoric acid groups is 1. The molecule has 0 rings (SSSR count). The van der Waals surface area contributed by atoms with E-state index in [0.29, 0.717) is 17.4 Å². The Hall–Kier alpha value is -2.03. The van der Waals surface area contributed by atoms with Crippen molar-refractivity contribution in [2.75, 3.05) is 47.5 Å². The molecule has 0 bridgehead atoms. The summed E-state index contributed by atoms with van der Waals surface area (Å²) in [5.74, 6) is -0.826. The molecule has 10 heteroatoms. The maximum Gasteiger partial charge on any atom is 0.472 e. The highest BCUT2D eigenvalue weighted by atomic mass is 31.2. The molecule has 0 aromatic carbocycles. The lowest BCUT2D eigenvalue weighted by molar-refractivity contribution is -0.870. The zero-order valence-electron chi connectivity index (χ0n) is 42.3. The van der Waals surface area contributed by atoms with Gasteiger partial charge in [0.1, 0.15) is 19.8 Å².